The molecule has 116 valence electrons. The Bertz CT molecular complexity index is 624. The van der Waals surface area contributed by atoms with Crippen molar-refractivity contribution in [1.29, 1.82) is 0 Å². The number of rotatable bonds is 7. The van der Waals surface area contributed by atoms with Gasteiger partial charge >= 0.3 is 0 Å². The van der Waals surface area contributed by atoms with E-state index in [1.807, 2.05) is 0 Å². The number of carbonyl (C=O) groups excluding carboxylic acids is 1. The number of hydrogen-bond acceptors (Lipinski definition) is 5. The van der Waals surface area contributed by atoms with Gasteiger partial charge in [-0.2, -0.15) is 0 Å². The summed E-state index contributed by atoms with van der Waals surface area (Å²) in [5.41, 5.74) is 6.67. The third-order valence-corrected chi connectivity index (χ3v) is 4.46. The molecule has 1 amide bonds. The van der Waals surface area contributed by atoms with Crippen LogP contribution in [0.4, 0.5) is 11.4 Å². The van der Waals surface area contributed by atoms with Gasteiger partial charge in [0.25, 0.3) is 0 Å². The smallest absolute Gasteiger partial charge is 0.220 e. The van der Waals surface area contributed by atoms with Gasteiger partial charge in [-0.25, -0.2) is 8.42 Å². The number of sulfone groups is 1. The summed E-state index contributed by atoms with van der Waals surface area (Å²) in [6.45, 7) is 0.565. The molecular weight excluding hydrogens is 290 g/mol. The van der Waals surface area contributed by atoms with Crippen LogP contribution in [-0.4, -0.2) is 33.2 Å². The summed E-state index contributed by atoms with van der Waals surface area (Å²) in [6.07, 6.45) is 4.42. The number of nitrogen functional groups attached to an aromatic ring is 1. The van der Waals surface area contributed by atoms with Crippen LogP contribution in [0.1, 0.15) is 25.7 Å². The fourth-order valence-electron chi connectivity index (χ4n) is 2.02. The highest BCUT2D eigenvalue weighted by molar-refractivity contribution is 7.90. The van der Waals surface area contributed by atoms with Gasteiger partial charge in [0.1, 0.15) is 0 Å². The van der Waals surface area contributed by atoms with Gasteiger partial charge < -0.3 is 16.4 Å². The topological polar surface area (TPSA) is 101 Å². The molecule has 6 nitrogen and oxygen atoms in total. The third kappa shape index (κ3) is 4.63. The van der Waals surface area contributed by atoms with Crippen LogP contribution in [0, 0.1) is 0 Å². The first-order valence-electron chi connectivity index (χ1n) is 6.99. The molecule has 7 heteroatoms. The maximum absolute atomic E-state index is 11.6. The Morgan fingerprint density at radius 2 is 2.10 bits per heavy atom. The molecule has 0 aliphatic heterocycles. The van der Waals surface area contributed by atoms with Crippen LogP contribution in [0.25, 0.3) is 0 Å². The number of carbonyl (C=O) groups is 1. The summed E-state index contributed by atoms with van der Waals surface area (Å²) < 4.78 is 23.1. The highest BCUT2D eigenvalue weighted by Crippen LogP contribution is 2.26. The number of nitrogens with one attached hydrogen (secondary N) is 2. The zero-order chi connectivity index (χ0) is 15.5. The summed E-state index contributed by atoms with van der Waals surface area (Å²) in [4.78, 5) is 11.6. The molecule has 2 rings (SSSR count). The van der Waals surface area contributed by atoms with Crippen molar-refractivity contribution < 1.29 is 13.2 Å². The van der Waals surface area contributed by atoms with Gasteiger partial charge in [0.05, 0.1) is 16.3 Å². The first-order valence-corrected chi connectivity index (χ1v) is 8.89. The van der Waals surface area contributed by atoms with Gasteiger partial charge in [-0.05, 0) is 31.4 Å². The SMILES string of the molecule is CS(=O)(=O)c1cccc(NCCCC(=O)NC2CC2)c1N. The summed E-state index contributed by atoms with van der Waals surface area (Å²) in [6, 6.07) is 5.25. The van der Waals surface area contributed by atoms with E-state index in [1.54, 1.807) is 12.1 Å². The van der Waals surface area contributed by atoms with Gasteiger partial charge in [0.2, 0.25) is 5.91 Å². The van der Waals surface area contributed by atoms with Crippen molar-refractivity contribution in [3.63, 3.8) is 0 Å². The van der Waals surface area contributed by atoms with Crippen molar-refractivity contribution in [2.75, 3.05) is 23.9 Å². The average molecular weight is 311 g/mol. The van der Waals surface area contributed by atoms with Gasteiger partial charge in [0.15, 0.2) is 9.84 Å². The zero-order valence-electron chi connectivity index (χ0n) is 12.1. The van der Waals surface area contributed by atoms with E-state index >= 15 is 0 Å². The molecule has 1 saturated carbocycles. The number of amides is 1. The molecule has 0 heterocycles. The van der Waals surface area contributed by atoms with Crippen LogP contribution in [0.15, 0.2) is 23.1 Å². The molecule has 0 atom stereocenters. The van der Waals surface area contributed by atoms with E-state index in [0.29, 0.717) is 31.1 Å². The molecule has 0 bridgehead atoms. The predicted octanol–water partition coefficient (Wildman–Crippen LogP) is 1.14. The van der Waals surface area contributed by atoms with Crippen LogP contribution in [-0.2, 0) is 14.6 Å². The number of anilines is 2. The molecule has 1 aliphatic rings. The first-order chi connectivity index (χ1) is 9.88. The molecule has 0 saturated heterocycles. The lowest BCUT2D eigenvalue weighted by atomic mass is 10.2. The zero-order valence-corrected chi connectivity index (χ0v) is 12.9. The maximum Gasteiger partial charge on any atom is 0.220 e. The van der Waals surface area contributed by atoms with Crippen molar-refractivity contribution in [1.82, 2.24) is 5.32 Å². The molecule has 1 aromatic carbocycles. The Morgan fingerprint density at radius 1 is 1.38 bits per heavy atom. The lowest BCUT2D eigenvalue weighted by Crippen LogP contribution is -2.25. The fraction of sp³-hybridized carbons (Fsp3) is 0.500. The molecule has 0 spiro atoms. The summed E-state index contributed by atoms with van der Waals surface area (Å²) in [5.74, 6) is 0.0668. The van der Waals surface area contributed by atoms with Crippen LogP contribution in [0.5, 0.6) is 0 Å². The second-order valence-corrected chi connectivity index (χ2v) is 7.35. The van der Waals surface area contributed by atoms with Gasteiger partial charge in [-0.15, -0.1) is 0 Å². The molecule has 1 fully saturated rings. The highest BCUT2D eigenvalue weighted by Gasteiger charge is 2.22. The van der Waals surface area contributed by atoms with E-state index in [0.717, 1.165) is 19.1 Å². The minimum Gasteiger partial charge on any atom is -0.396 e. The molecule has 0 unspecified atom stereocenters. The third-order valence-electron chi connectivity index (χ3n) is 3.30. The Labute approximate surface area is 125 Å². The minimum absolute atomic E-state index is 0.0668. The number of benzene rings is 1. The van der Waals surface area contributed by atoms with E-state index in [1.165, 1.54) is 6.07 Å². The van der Waals surface area contributed by atoms with E-state index in [-0.39, 0.29) is 16.5 Å². The normalized spacial score (nSPS) is 14.7. The molecule has 4 N–H and O–H groups in total. The lowest BCUT2D eigenvalue weighted by Gasteiger charge is -2.12. The van der Waals surface area contributed by atoms with E-state index in [9.17, 15) is 13.2 Å². The Balaban J connectivity index is 1.84. The molecule has 0 aromatic heterocycles. The lowest BCUT2D eigenvalue weighted by molar-refractivity contribution is -0.121. The monoisotopic (exact) mass is 311 g/mol. The second-order valence-electron chi connectivity index (χ2n) is 5.36. The van der Waals surface area contributed by atoms with Gasteiger partial charge in [0, 0.05) is 25.3 Å². The van der Waals surface area contributed by atoms with Crippen molar-refractivity contribution in [3.05, 3.63) is 18.2 Å². The van der Waals surface area contributed by atoms with Crippen LogP contribution < -0.4 is 16.4 Å². The summed E-state index contributed by atoms with van der Waals surface area (Å²) in [7, 11) is -3.34. The highest BCUT2D eigenvalue weighted by atomic mass is 32.2. The predicted molar refractivity (Wildman–Crippen MR) is 82.9 cm³/mol. The largest absolute Gasteiger partial charge is 0.396 e. The van der Waals surface area contributed by atoms with E-state index < -0.39 is 9.84 Å². The Morgan fingerprint density at radius 3 is 2.71 bits per heavy atom. The first kappa shape index (κ1) is 15.6. The Kier molecular flexibility index (Phi) is 4.72. The fourth-order valence-corrected chi connectivity index (χ4v) is 2.86. The number of nitrogens with two attached hydrogens (primary N) is 1. The van der Waals surface area contributed by atoms with Gasteiger partial charge in [-0.3, -0.25) is 4.79 Å². The van der Waals surface area contributed by atoms with E-state index in [4.69, 9.17) is 5.73 Å². The van der Waals surface area contributed by atoms with Crippen LogP contribution in [0.2, 0.25) is 0 Å². The van der Waals surface area contributed by atoms with Crippen molar-refractivity contribution in [3.8, 4) is 0 Å². The molecule has 21 heavy (non-hydrogen) atoms. The molecule has 0 radical (unpaired) electrons. The van der Waals surface area contributed by atoms with Crippen molar-refractivity contribution in [2.45, 2.75) is 36.6 Å². The Hall–Kier alpha value is -1.76. The summed E-state index contributed by atoms with van der Waals surface area (Å²) >= 11 is 0. The summed E-state index contributed by atoms with van der Waals surface area (Å²) in [5, 5.41) is 6.00. The van der Waals surface area contributed by atoms with Crippen LogP contribution in [0.3, 0.4) is 0 Å². The van der Waals surface area contributed by atoms with Crippen molar-refractivity contribution >= 4 is 27.1 Å². The number of para-hydroxylation sites is 1. The number of hydrogen-bond donors (Lipinski definition) is 3. The average Bonchev–Trinajstić information content (AvgIpc) is 3.18. The maximum atomic E-state index is 11.6. The quantitative estimate of drug-likeness (QED) is 0.518. The second kappa shape index (κ2) is 6.34. The molecule has 1 aromatic rings. The minimum atomic E-state index is -3.34. The van der Waals surface area contributed by atoms with Crippen molar-refractivity contribution in [2.24, 2.45) is 0 Å². The van der Waals surface area contributed by atoms with Crippen LogP contribution >= 0.6 is 0 Å². The van der Waals surface area contributed by atoms with E-state index in [2.05, 4.69) is 10.6 Å². The molecular formula is C14H21N3O3S. The van der Waals surface area contributed by atoms with Gasteiger partial charge in [-0.1, -0.05) is 6.07 Å². The standard InChI is InChI=1S/C14H21N3O3S/c1-21(19,20)12-5-2-4-11(14(12)15)16-9-3-6-13(18)17-10-7-8-10/h2,4-5,10,16H,3,6-9,15H2,1H3,(H,17,18). The molecule has 1 aliphatic carbocycles.